The normalized spacial score (nSPS) is 13.9. The molecule has 2 N–H and O–H groups in total. The lowest BCUT2D eigenvalue weighted by Gasteiger charge is -2.27. The van der Waals surface area contributed by atoms with Crippen LogP contribution in [0.2, 0.25) is 4.47 Å². The van der Waals surface area contributed by atoms with E-state index in [2.05, 4.69) is 15.6 Å². The fourth-order valence-corrected chi connectivity index (χ4v) is 3.02. The lowest BCUT2D eigenvalue weighted by Crippen LogP contribution is -2.35. The van der Waals surface area contributed by atoms with Crippen LogP contribution < -0.4 is 10.6 Å². The number of hydrogen-bond donors (Lipinski definition) is 2. The standard InChI is InChI=1S/C13H13ClN4OS/c1-18-7-9-10(3-2-4-11(9)17-13(18)19)15-5-8-6-16-12(14)20-8/h2-4,6,15H,5,7H2,1H3,(H,17,19). The number of carbonyl (C=O) groups excluding carboxylic acids is 1. The van der Waals surface area contributed by atoms with Gasteiger partial charge in [0.25, 0.3) is 0 Å². The summed E-state index contributed by atoms with van der Waals surface area (Å²) in [7, 11) is 1.78. The van der Waals surface area contributed by atoms with E-state index in [-0.39, 0.29) is 6.03 Å². The Balaban J connectivity index is 1.80. The van der Waals surface area contributed by atoms with Crippen LogP contribution in [0.5, 0.6) is 0 Å². The molecule has 7 heteroatoms. The first-order chi connectivity index (χ1) is 9.63. The number of benzene rings is 1. The highest BCUT2D eigenvalue weighted by molar-refractivity contribution is 7.15. The molecule has 0 fully saturated rings. The van der Waals surface area contributed by atoms with E-state index >= 15 is 0 Å². The van der Waals surface area contributed by atoms with Crippen LogP contribution in [0.3, 0.4) is 0 Å². The van der Waals surface area contributed by atoms with Crippen molar-refractivity contribution >= 4 is 40.3 Å². The molecule has 0 bridgehead atoms. The summed E-state index contributed by atoms with van der Waals surface area (Å²) in [6.07, 6.45) is 1.77. The van der Waals surface area contributed by atoms with Crippen LogP contribution in [0.4, 0.5) is 16.2 Å². The van der Waals surface area contributed by atoms with Gasteiger partial charge in [-0.05, 0) is 12.1 Å². The van der Waals surface area contributed by atoms with E-state index in [1.54, 1.807) is 18.1 Å². The number of fused-ring (bicyclic) bond motifs is 1. The Morgan fingerprint density at radius 1 is 1.55 bits per heavy atom. The maximum atomic E-state index is 11.6. The predicted octanol–water partition coefficient (Wildman–Crippen LogP) is 3.39. The first-order valence-electron chi connectivity index (χ1n) is 6.11. The average molecular weight is 309 g/mol. The third-order valence-electron chi connectivity index (χ3n) is 3.14. The second-order valence-corrected chi connectivity index (χ2v) is 6.25. The molecule has 0 saturated heterocycles. The monoisotopic (exact) mass is 308 g/mol. The zero-order chi connectivity index (χ0) is 14.1. The summed E-state index contributed by atoms with van der Waals surface area (Å²) in [6, 6.07) is 5.76. The van der Waals surface area contributed by atoms with Crippen LogP contribution in [-0.2, 0) is 13.1 Å². The van der Waals surface area contributed by atoms with Gasteiger partial charge in [-0.15, -0.1) is 11.3 Å². The Labute approximate surface area is 125 Å². The van der Waals surface area contributed by atoms with E-state index in [1.165, 1.54) is 11.3 Å². The molecule has 1 aliphatic rings. The Bertz CT molecular complexity index is 658. The third kappa shape index (κ3) is 2.57. The molecule has 104 valence electrons. The molecular weight excluding hydrogens is 296 g/mol. The zero-order valence-electron chi connectivity index (χ0n) is 10.8. The fourth-order valence-electron chi connectivity index (χ4n) is 2.11. The predicted molar refractivity (Wildman–Crippen MR) is 81.4 cm³/mol. The topological polar surface area (TPSA) is 57.3 Å². The summed E-state index contributed by atoms with van der Waals surface area (Å²) in [5, 5.41) is 6.24. The van der Waals surface area contributed by atoms with Crippen molar-refractivity contribution < 1.29 is 4.79 Å². The van der Waals surface area contributed by atoms with Crippen LogP contribution >= 0.6 is 22.9 Å². The van der Waals surface area contributed by atoms with Crippen molar-refractivity contribution in [2.24, 2.45) is 0 Å². The number of nitrogens with one attached hydrogen (secondary N) is 2. The highest BCUT2D eigenvalue weighted by Crippen LogP contribution is 2.30. The lowest BCUT2D eigenvalue weighted by molar-refractivity contribution is 0.218. The number of rotatable bonds is 3. The van der Waals surface area contributed by atoms with Crippen LogP contribution in [0.1, 0.15) is 10.4 Å². The van der Waals surface area contributed by atoms with Gasteiger partial charge in [-0.25, -0.2) is 9.78 Å². The van der Waals surface area contributed by atoms with Crippen LogP contribution in [-0.4, -0.2) is 23.0 Å². The molecule has 1 aromatic heterocycles. The van der Waals surface area contributed by atoms with Crippen LogP contribution in [0, 0.1) is 0 Å². The number of carbonyl (C=O) groups is 1. The molecule has 0 radical (unpaired) electrons. The number of thiazole rings is 1. The molecule has 5 nitrogen and oxygen atoms in total. The minimum Gasteiger partial charge on any atom is -0.380 e. The van der Waals surface area contributed by atoms with Gasteiger partial charge in [0.15, 0.2) is 4.47 Å². The number of amides is 2. The average Bonchev–Trinajstić information content (AvgIpc) is 2.84. The minimum atomic E-state index is -0.0797. The van der Waals surface area contributed by atoms with Crippen molar-refractivity contribution in [1.29, 1.82) is 0 Å². The van der Waals surface area contributed by atoms with Crippen LogP contribution in [0.15, 0.2) is 24.4 Å². The molecule has 20 heavy (non-hydrogen) atoms. The minimum absolute atomic E-state index is 0.0797. The van der Waals surface area contributed by atoms with Crippen molar-refractivity contribution in [3.8, 4) is 0 Å². The molecule has 1 aliphatic heterocycles. The molecular formula is C13H13ClN4OS. The smallest absolute Gasteiger partial charge is 0.321 e. The second kappa shape index (κ2) is 5.30. The van der Waals surface area contributed by atoms with E-state index in [1.807, 2.05) is 18.2 Å². The zero-order valence-corrected chi connectivity index (χ0v) is 12.4. The van der Waals surface area contributed by atoms with Gasteiger partial charge >= 0.3 is 6.03 Å². The van der Waals surface area contributed by atoms with Gasteiger partial charge in [-0.2, -0.15) is 0 Å². The van der Waals surface area contributed by atoms with Crippen molar-refractivity contribution in [3.63, 3.8) is 0 Å². The van der Waals surface area contributed by atoms with E-state index < -0.39 is 0 Å². The Hall–Kier alpha value is -1.79. The van der Waals surface area contributed by atoms with Gasteiger partial charge < -0.3 is 15.5 Å². The van der Waals surface area contributed by atoms with Gasteiger partial charge in [-0.1, -0.05) is 17.7 Å². The van der Waals surface area contributed by atoms with Gasteiger partial charge in [-0.3, -0.25) is 0 Å². The number of aromatic nitrogens is 1. The largest absolute Gasteiger partial charge is 0.380 e. The molecule has 0 aliphatic carbocycles. The Kier molecular flexibility index (Phi) is 3.50. The van der Waals surface area contributed by atoms with Crippen molar-refractivity contribution in [3.05, 3.63) is 39.3 Å². The molecule has 2 amide bonds. The summed E-state index contributed by atoms with van der Waals surface area (Å²) in [6.45, 7) is 1.26. The number of anilines is 2. The molecule has 0 spiro atoms. The maximum absolute atomic E-state index is 11.6. The summed E-state index contributed by atoms with van der Waals surface area (Å²) in [5.41, 5.74) is 2.96. The first kappa shape index (κ1) is 13.2. The summed E-state index contributed by atoms with van der Waals surface area (Å²) in [4.78, 5) is 18.4. The number of urea groups is 1. The SMILES string of the molecule is CN1Cc2c(NCc3cnc(Cl)s3)cccc2NC1=O. The molecule has 0 atom stereocenters. The molecule has 1 aromatic carbocycles. The summed E-state index contributed by atoms with van der Waals surface area (Å²) < 4.78 is 0.545. The molecule has 2 aromatic rings. The van der Waals surface area contributed by atoms with Crippen molar-refractivity contribution in [2.75, 3.05) is 17.7 Å². The van der Waals surface area contributed by atoms with Gasteiger partial charge in [0, 0.05) is 35.1 Å². The number of hydrogen-bond acceptors (Lipinski definition) is 4. The highest BCUT2D eigenvalue weighted by atomic mass is 35.5. The number of nitrogens with zero attached hydrogens (tertiary/aromatic N) is 2. The molecule has 3 rings (SSSR count). The Morgan fingerprint density at radius 3 is 3.15 bits per heavy atom. The summed E-state index contributed by atoms with van der Waals surface area (Å²) >= 11 is 7.28. The highest BCUT2D eigenvalue weighted by Gasteiger charge is 2.21. The number of halogens is 1. The fraction of sp³-hybridized carbons (Fsp3) is 0.231. The van der Waals surface area contributed by atoms with Crippen molar-refractivity contribution in [1.82, 2.24) is 9.88 Å². The van der Waals surface area contributed by atoms with E-state index in [0.29, 0.717) is 17.6 Å². The maximum Gasteiger partial charge on any atom is 0.321 e. The van der Waals surface area contributed by atoms with E-state index in [0.717, 1.165) is 21.8 Å². The first-order valence-corrected chi connectivity index (χ1v) is 7.31. The van der Waals surface area contributed by atoms with Gasteiger partial charge in [0.1, 0.15) is 0 Å². The molecule has 0 unspecified atom stereocenters. The van der Waals surface area contributed by atoms with Gasteiger partial charge in [0.05, 0.1) is 13.1 Å². The van der Waals surface area contributed by atoms with Crippen LogP contribution in [0.25, 0.3) is 0 Å². The van der Waals surface area contributed by atoms with E-state index in [4.69, 9.17) is 11.6 Å². The quantitative estimate of drug-likeness (QED) is 0.914. The van der Waals surface area contributed by atoms with E-state index in [9.17, 15) is 4.79 Å². The van der Waals surface area contributed by atoms with Gasteiger partial charge in [0.2, 0.25) is 0 Å². The molecule has 0 saturated carbocycles. The third-order valence-corrected chi connectivity index (χ3v) is 4.25. The second-order valence-electron chi connectivity index (χ2n) is 4.55. The van der Waals surface area contributed by atoms with Crippen molar-refractivity contribution in [2.45, 2.75) is 13.1 Å². The lowest BCUT2D eigenvalue weighted by atomic mass is 10.1. The summed E-state index contributed by atoms with van der Waals surface area (Å²) in [5.74, 6) is 0. The molecule has 2 heterocycles. The Morgan fingerprint density at radius 2 is 2.40 bits per heavy atom.